The summed E-state index contributed by atoms with van der Waals surface area (Å²) in [5, 5.41) is 2.83. The van der Waals surface area contributed by atoms with E-state index in [1.807, 2.05) is 4.90 Å². The molecule has 1 saturated heterocycles. The average Bonchev–Trinajstić information content (AvgIpc) is 2.68. The first-order valence-corrected chi connectivity index (χ1v) is 6.15. The van der Waals surface area contributed by atoms with Crippen molar-refractivity contribution >= 4 is 23.2 Å². The van der Waals surface area contributed by atoms with Crippen LogP contribution in [-0.2, 0) is 4.79 Å². The second-order valence-corrected chi connectivity index (χ2v) is 4.89. The number of carbonyl (C=O) groups excluding carboxylic acids is 1. The summed E-state index contributed by atoms with van der Waals surface area (Å²) in [6, 6.07) is 4.28. The van der Waals surface area contributed by atoms with Crippen molar-refractivity contribution < 1.29 is 9.18 Å². The zero-order valence-corrected chi connectivity index (χ0v) is 10.6. The van der Waals surface area contributed by atoms with Gasteiger partial charge in [0.05, 0.1) is 12.2 Å². The Morgan fingerprint density at radius 3 is 3.00 bits per heavy atom. The molecule has 1 aliphatic rings. The van der Waals surface area contributed by atoms with Crippen LogP contribution in [0.1, 0.15) is 6.42 Å². The molecule has 0 radical (unpaired) electrons. The maximum absolute atomic E-state index is 13.5. The minimum Gasteiger partial charge on any atom is -0.326 e. The van der Waals surface area contributed by atoms with Crippen LogP contribution in [0, 0.1) is 5.82 Å². The van der Waals surface area contributed by atoms with Crippen LogP contribution in [0.5, 0.6) is 0 Å². The minimum absolute atomic E-state index is 0.130. The number of amides is 1. The van der Waals surface area contributed by atoms with Crippen LogP contribution in [0.25, 0.3) is 0 Å². The Morgan fingerprint density at radius 2 is 2.39 bits per heavy atom. The smallest absolute Gasteiger partial charge is 0.238 e. The zero-order valence-electron chi connectivity index (χ0n) is 9.83. The number of carbonyl (C=O) groups is 1. The van der Waals surface area contributed by atoms with Gasteiger partial charge < -0.3 is 11.1 Å². The van der Waals surface area contributed by atoms with Crippen molar-refractivity contribution in [2.75, 3.05) is 25.0 Å². The fourth-order valence-electron chi connectivity index (χ4n) is 1.99. The lowest BCUT2D eigenvalue weighted by Gasteiger charge is -2.14. The molecule has 3 N–H and O–H groups in total. The van der Waals surface area contributed by atoms with Crippen molar-refractivity contribution in [3.8, 4) is 0 Å². The van der Waals surface area contributed by atoms with Crippen molar-refractivity contribution in [1.29, 1.82) is 0 Å². The first-order chi connectivity index (χ1) is 8.54. The molecule has 0 bridgehead atoms. The molecule has 0 aromatic heterocycles. The summed E-state index contributed by atoms with van der Waals surface area (Å²) in [6.45, 7) is 1.74. The topological polar surface area (TPSA) is 58.4 Å². The quantitative estimate of drug-likeness (QED) is 0.875. The second-order valence-electron chi connectivity index (χ2n) is 4.46. The number of likely N-dealkylation sites (tertiary alicyclic amines) is 1. The van der Waals surface area contributed by atoms with Gasteiger partial charge in [0.2, 0.25) is 5.91 Å². The van der Waals surface area contributed by atoms with Gasteiger partial charge in [-0.3, -0.25) is 9.69 Å². The van der Waals surface area contributed by atoms with Gasteiger partial charge >= 0.3 is 0 Å². The Kier molecular flexibility index (Phi) is 4.16. The van der Waals surface area contributed by atoms with Gasteiger partial charge in [0.15, 0.2) is 0 Å². The number of halogens is 2. The monoisotopic (exact) mass is 271 g/mol. The summed E-state index contributed by atoms with van der Waals surface area (Å²) in [5.41, 5.74) is 5.89. The van der Waals surface area contributed by atoms with E-state index in [0.717, 1.165) is 13.0 Å². The van der Waals surface area contributed by atoms with E-state index in [2.05, 4.69) is 5.32 Å². The van der Waals surface area contributed by atoms with Crippen molar-refractivity contribution in [1.82, 2.24) is 4.90 Å². The Hall–Kier alpha value is -1.17. The fourth-order valence-corrected chi connectivity index (χ4v) is 2.15. The van der Waals surface area contributed by atoms with E-state index >= 15 is 0 Å². The van der Waals surface area contributed by atoms with E-state index in [-0.39, 0.29) is 24.2 Å². The molecule has 1 unspecified atom stereocenters. The predicted molar refractivity (Wildman–Crippen MR) is 69.1 cm³/mol. The van der Waals surface area contributed by atoms with Gasteiger partial charge in [0.25, 0.3) is 0 Å². The minimum atomic E-state index is -0.533. The van der Waals surface area contributed by atoms with Crippen molar-refractivity contribution in [2.45, 2.75) is 12.5 Å². The zero-order chi connectivity index (χ0) is 13.1. The molecule has 1 heterocycles. The third-order valence-corrected chi connectivity index (χ3v) is 3.12. The van der Waals surface area contributed by atoms with Crippen molar-refractivity contribution in [2.24, 2.45) is 5.73 Å². The van der Waals surface area contributed by atoms with E-state index in [9.17, 15) is 9.18 Å². The molecule has 1 aromatic rings. The highest BCUT2D eigenvalue weighted by molar-refractivity contribution is 6.30. The lowest BCUT2D eigenvalue weighted by atomic mass is 10.3. The van der Waals surface area contributed by atoms with Gasteiger partial charge in [-0.05, 0) is 24.6 Å². The third-order valence-electron chi connectivity index (χ3n) is 2.88. The van der Waals surface area contributed by atoms with Gasteiger partial charge in [-0.1, -0.05) is 11.6 Å². The molecule has 1 amide bonds. The van der Waals surface area contributed by atoms with Gasteiger partial charge in [0, 0.05) is 24.2 Å². The van der Waals surface area contributed by atoms with Crippen molar-refractivity contribution in [3.63, 3.8) is 0 Å². The van der Waals surface area contributed by atoms with Crippen LogP contribution in [0.3, 0.4) is 0 Å². The predicted octanol–water partition coefficient (Wildman–Crippen LogP) is 1.45. The molecule has 0 spiro atoms. The molecule has 0 aliphatic carbocycles. The SMILES string of the molecule is NC1CCN(CC(=O)Nc2ccc(Cl)cc2F)C1. The molecule has 4 nitrogen and oxygen atoms in total. The fraction of sp³-hybridized carbons (Fsp3) is 0.417. The van der Waals surface area contributed by atoms with Crippen LogP contribution < -0.4 is 11.1 Å². The molecule has 1 aromatic carbocycles. The van der Waals surface area contributed by atoms with E-state index in [1.54, 1.807) is 0 Å². The van der Waals surface area contributed by atoms with Crippen LogP contribution in [0.4, 0.5) is 10.1 Å². The Labute approximate surface area is 110 Å². The molecule has 98 valence electrons. The molecular weight excluding hydrogens is 257 g/mol. The maximum atomic E-state index is 13.5. The summed E-state index contributed by atoms with van der Waals surface area (Å²) < 4.78 is 13.5. The maximum Gasteiger partial charge on any atom is 0.238 e. The van der Waals surface area contributed by atoms with E-state index in [0.29, 0.717) is 11.6 Å². The molecule has 1 fully saturated rings. The number of rotatable bonds is 3. The number of nitrogens with one attached hydrogen (secondary N) is 1. The Morgan fingerprint density at radius 1 is 1.61 bits per heavy atom. The summed E-state index contributed by atoms with van der Waals surface area (Å²) in [6.07, 6.45) is 0.891. The largest absolute Gasteiger partial charge is 0.326 e. The summed E-state index contributed by atoms with van der Waals surface area (Å²) in [5.74, 6) is -0.778. The number of hydrogen-bond donors (Lipinski definition) is 2. The molecule has 6 heteroatoms. The van der Waals surface area contributed by atoms with Crippen LogP contribution in [0.15, 0.2) is 18.2 Å². The summed E-state index contributed by atoms with van der Waals surface area (Å²) in [4.78, 5) is 13.7. The summed E-state index contributed by atoms with van der Waals surface area (Å²) >= 11 is 5.63. The van der Waals surface area contributed by atoms with Gasteiger partial charge in [-0.15, -0.1) is 0 Å². The Balaban J connectivity index is 1.91. The number of nitrogens with two attached hydrogens (primary N) is 1. The number of benzene rings is 1. The third kappa shape index (κ3) is 3.41. The highest BCUT2D eigenvalue weighted by Gasteiger charge is 2.21. The van der Waals surface area contributed by atoms with Gasteiger partial charge in [-0.2, -0.15) is 0 Å². The van der Waals surface area contributed by atoms with Crippen LogP contribution in [0.2, 0.25) is 5.02 Å². The highest BCUT2D eigenvalue weighted by atomic mass is 35.5. The summed E-state index contributed by atoms with van der Waals surface area (Å²) in [7, 11) is 0. The van der Waals surface area contributed by atoms with Crippen molar-refractivity contribution in [3.05, 3.63) is 29.0 Å². The normalized spacial score (nSPS) is 20.1. The molecule has 1 atom stereocenters. The van der Waals surface area contributed by atoms with E-state index in [1.165, 1.54) is 18.2 Å². The van der Waals surface area contributed by atoms with E-state index < -0.39 is 5.82 Å². The number of nitrogens with zero attached hydrogens (tertiary/aromatic N) is 1. The van der Waals surface area contributed by atoms with Crippen LogP contribution in [-0.4, -0.2) is 36.5 Å². The highest BCUT2D eigenvalue weighted by Crippen LogP contribution is 2.18. The molecular formula is C12H15ClFN3O. The number of anilines is 1. The molecule has 1 aliphatic heterocycles. The average molecular weight is 272 g/mol. The molecule has 2 rings (SSSR count). The lowest BCUT2D eigenvalue weighted by molar-refractivity contribution is -0.117. The van der Waals surface area contributed by atoms with E-state index in [4.69, 9.17) is 17.3 Å². The molecule has 18 heavy (non-hydrogen) atoms. The number of hydrogen-bond acceptors (Lipinski definition) is 3. The van der Waals surface area contributed by atoms with Crippen LogP contribution >= 0.6 is 11.6 Å². The first kappa shape index (κ1) is 13.3. The lowest BCUT2D eigenvalue weighted by Crippen LogP contribution is -2.33. The first-order valence-electron chi connectivity index (χ1n) is 5.77. The van der Waals surface area contributed by atoms with Gasteiger partial charge in [-0.25, -0.2) is 4.39 Å². The Bertz CT molecular complexity index is 455. The van der Waals surface area contributed by atoms with Gasteiger partial charge in [0.1, 0.15) is 5.82 Å². The molecule has 0 saturated carbocycles. The second kappa shape index (κ2) is 5.65. The standard InChI is InChI=1S/C12H15ClFN3O/c13-8-1-2-11(10(14)5-8)16-12(18)7-17-4-3-9(15)6-17/h1-2,5,9H,3-4,6-7,15H2,(H,16,18).